The van der Waals surface area contributed by atoms with Crippen LogP contribution in [0.25, 0.3) is 0 Å². The van der Waals surface area contributed by atoms with Gasteiger partial charge < -0.3 is 0 Å². The molecule has 1 unspecified atom stereocenters. The highest BCUT2D eigenvalue weighted by molar-refractivity contribution is 7.86. The van der Waals surface area contributed by atoms with Crippen LogP contribution in [0.2, 0.25) is 0 Å². The van der Waals surface area contributed by atoms with Crippen molar-refractivity contribution in [3.8, 4) is 0 Å². The van der Waals surface area contributed by atoms with Gasteiger partial charge in [0.1, 0.15) is 0 Å². The molecule has 5 heteroatoms. The Morgan fingerprint density at radius 3 is 2.00 bits per heavy atom. The molecule has 0 aliphatic carbocycles. The highest BCUT2D eigenvalue weighted by Gasteiger charge is 2.17. The summed E-state index contributed by atoms with van der Waals surface area (Å²) in [7, 11) is -4.31. The summed E-state index contributed by atoms with van der Waals surface area (Å²) in [5, 5.41) is 10.1. The maximum atomic E-state index is 10.1. The highest BCUT2D eigenvalue weighted by Crippen LogP contribution is 1.97. The SMILES string of the molecule is CCC([O])S(=O)(=O)O. The van der Waals surface area contributed by atoms with E-state index in [4.69, 9.17) is 4.55 Å². The zero-order valence-electron chi connectivity index (χ0n) is 4.36. The van der Waals surface area contributed by atoms with Gasteiger partial charge in [-0.3, -0.25) is 4.55 Å². The molecule has 8 heavy (non-hydrogen) atoms. The molecule has 0 bridgehead atoms. The van der Waals surface area contributed by atoms with Gasteiger partial charge in [0.15, 0.2) is 0 Å². The molecule has 0 amide bonds. The third kappa shape index (κ3) is 2.25. The lowest BCUT2D eigenvalue weighted by Crippen LogP contribution is -2.16. The monoisotopic (exact) mass is 139 g/mol. The van der Waals surface area contributed by atoms with Crippen LogP contribution in [0.1, 0.15) is 13.3 Å². The van der Waals surface area contributed by atoms with Crippen LogP contribution in [0.4, 0.5) is 0 Å². The minimum atomic E-state index is -4.31. The van der Waals surface area contributed by atoms with Crippen LogP contribution >= 0.6 is 0 Å². The van der Waals surface area contributed by atoms with Gasteiger partial charge in [0.25, 0.3) is 10.1 Å². The van der Waals surface area contributed by atoms with Gasteiger partial charge in [-0.1, -0.05) is 6.92 Å². The summed E-state index contributed by atoms with van der Waals surface area (Å²) < 4.78 is 27.6. The second-order valence-corrected chi connectivity index (χ2v) is 2.91. The van der Waals surface area contributed by atoms with Gasteiger partial charge in [-0.25, -0.2) is 5.11 Å². The van der Waals surface area contributed by atoms with E-state index >= 15 is 0 Å². The summed E-state index contributed by atoms with van der Waals surface area (Å²) >= 11 is 0. The van der Waals surface area contributed by atoms with Crippen LogP contribution < -0.4 is 0 Å². The fourth-order valence-electron chi connectivity index (χ4n) is 0.211. The summed E-state index contributed by atoms with van der Waals surface area (Å²) in [6.45, 7) is 1.39. The van der Waals surface area contributed by atoms with E-state index in [1.165, 1.54) is 6.92 Å². The van der Waals surface area contributed by atoms with Crippen LogP contribution in [0, 0.1) is 0 Å². The summed E-state index contributed by atoms with van der Waals surface area (Å²) in [6.07, 6.45) is -0.0984. The molecule has 1 N–H and O–H groups in total. The Morgan fingerprint density at radius 1 is 1.62 bits per heavy atom. The van der Waals surface area contributed by atoms with E-state index in [2.05, 4.69) is 0 Å². The first kappa shape index (κ1) is 7.87. The van der Waals surface area contributed by atoms with Crippen molar-refractivity contribution in [3.63, 3.8) is 0 Å². The fourth-order valence-corrected chi connectivity index (χ4v) is 0.632. The van der Waals surface area contributed by atoms with E-state index in [1.54, 1.807) is 0 Å². The van der Waals surface area contributed by atoms with E-state index in [0.29, 0.717) is 0 Å². The summed E-state index contributed by atoms with van der Waals surface area (Å²) in [5.41, 5.74) is -1.87. The number of hydrogen-bond acceptors (Lipinski definition) is 2. The molecule has 0 aromatic heterocycles. The normalized spacial score (nSPS) is 15.9. The molecular formula is C3H7O4S. The maximum absolute atomic E-state index is 10.1. The predicted octanol–water partition coefficient (Wildman–Crippen LogP) is 0.0408. The van der Waals surface area contributed by atoms with Crippen molar-refractivity contribution in [2.75, 3.05) is 0 Å². The molecule has 0 rings (SSSR count). The number of rotatable bonds is 2. The van der Waals surface area contributed by atoms with Crippen LogP contribution in [-0.4, -0.2) is 18.4 Å². The van der Waals surface area contributed by atoms with Gasteiger partial charge in [-0.15, -0.1) is 0 Å². The van der Waals surface area contributed by atoms with Crippen molar-refractivity contribution >= 4 is 10.1 Å². The smallest absolute Gasteiger partial charge is 0.283 e. The first-order valence-electron chi connectivity index (χ1n) is 2.10. The topological polar surface area (TPSA) is 74.3 Å². The summed E-state index contributed by atoms with van der Waals surface area (Å²) in [4.78, 5) is 0. The molecule has 49 valence electrons. The Morgan fingerprint density at radius 2 is 2.00 bits per heavy atom. The second-order valence-electron chi connectivity index (χ2n) is 1.35. The molecule has 0 aromatic rings. The van der Waals surface area contributed by atoms with Gasteiger partial charge in [-0.05, 0) is 6.42 Å². The molecular weight excluding hydrogens is 132 g/mol. The van der Waals surface area contributed by atoms with E-state index in [1.807, 2.05) is 0 Å². The van der Waals surface area contributed by atoms with Crippen molar-refractivity contribution in [2.24, 2.45) is 0 Å². The second kappa shape index (κ2) is 2.43. The third-order valence-electron chi connectivity index (χ3n) is 0.666. The molecule has 0 heterocycles. The molecule has 4 nitrogen and oxygen atoms in total. The largest absolute Gasteiger partial charge is 0.295 e. The van der Waals surface area contributed by atoms with Crippen LogP contribution in [0.3, 0.4) is 0 Å². The zero-order valence-corrected chi connectivity index (χ0v) is 5.18. The van der Waals surface area contributed by atoms with Gasteiger partial charge in [0.2, 0.25) is 5.44 Å². The number of hydrogen-bond donors (Lipinski definition) is 1. The molecule has 0 aromatic carbocycles. The van der Waals surface area contributed by atoms with Crippen LogP contribution in [0.5, 0.6) is 0 Å². The lowest BCUT2D eigenvalue weighted by molar-refractivity contribution is 0.142. The van der Waals surface area contributed by atoms with Crippen molar-refractivity contribution in [2.45, 2.75) is 18.8 Å². The van der Waals surface area contributed by atoms with Crippen molar-refractivity contribution < 1.29 is 18.1 Å². The average molecular weight is 139 g/mol. The minimum Gasteiger partial charge on any atom is -0.283 e. The predicted molar refractivity (Wildman–Crippen MR) is 26.3 cm³/mol. The van der Waals surface area contributed by atoms with E-state index < -0.39 is 15.6 Å². The quantitative estimate of drug-likeness (QED) is 0.549. The van der Waals surface area contributed by atoms with E-state index in [0.717, 1.165) is 0 Å². The summed E-state index contributed by atoms with van der Waals surface area (Å²) in [6, 6.07) is 0. The van der Waals surface area contributed by atoms with Crippen molar-refractivity contribution in [1.82, 2.24) is 0 Å². The van der Waals surface area contributed by atoms with E-state index in [9.17, 15) is 13.5 Å². The molecule has 0 spiro atoms. The Kier molecular flexibility index (Phi) is 2.39. The Balaban J connectivity index is 4.04. The Labute approximate surface area is 47.9 Å². The third-order valence-corrected chi connectivity index (χ3v) is 1.66. The van der Waals surface area contributed by atoms with E-state index in [-0.39, 0.29) is 6.42 Å². The Bertz CT molecular complexity index is 147. The van der Waals surface area contributed by atoms with Crippen molar-refractivity contribution in [3.05, 3.63) is 0 Å². The molecule has 1 radical (unpaired) electrons. The average Bonchev–Trinajstić information content (AvgIpc) is 1.62. The van der Waals surface area contributed by atoms with Gasteiger partial charge in [-0.2, -0.15) is 8.42 Å². The molecule has 0 aliphatic rings. The molecule has 0 saturated heterocycles. The lowest BCUT2D eigenvalue weighted by atomic mass is 10.5. The first-order valence-corrected chi connectivity index (χ1v) is 3.61. The molecule has 0 aliphatic heterocycles. The Hall–Kier alpha value is -0.130. The lowest BCUT2D eigenvalue weighted by Gasteiger charge is -1.96. The maximum Gasteiger partial charge on any atom is 0.295 e. The van der Waals surface area contributed by atoms with Gasteiger partial charge in [0.05, 0.1) is 0 Å². The molecule has 0 fully saturated rings. The first-order chi connectivity index (χ1) is 3.48. The molecule has 1 atom stereocenters. The minimum absolute atomic E-state index is 0.0984. The summed E-state index contributed by atoms with van der Waals surface area (Å²) in [5.74, 6) is 0. The van der Waals surface area contributed by atoms with Crippen LogP contribution in [0.15, 0.2) is 0 Å². The standard InChI is InChI=1S/C3H7O4S/c1-2-3(4)8(5,6)7/h3H,2H2,1H3,(H,5,6,7). The molecule has 0 saturated carbocycles. The van der Waals surface area contributed by atoms with Gasteiger partial charge in [0, 0.05) is 0 Å². The van der Waals surface area contributed by atoms with Crippen molar-refractivity contribution in [1.29, 1.82) is 0 Å². The van der Waals surface area contributed by atoms with Gasteiger partial charge >= 0.3 is 0 Å². The van der Waals surface area contributed by atoms with Crippen LogP contribution in [-0.2, 0) is 15.2 Å². The highest BCUT2D eigenvalue weighted by atomic mass is 32.2. The zero-order chi connectivity index (χ0) is 6.78. The fraction of sp³-hybridized carbons (Fsp3) is 1.00.